The zero-order valence-corrected chi connectivity index (χ0v) is 30.3. The van der Waals surface area contributed by atoms with Crippen LogP contribution in [0.5, 0.6) is 6.01 Å². The van der Waals surface area contributed by atoms with Gasteiger partial charge in [0.2, 0.25) is 0 Å². The molecule has 9 rings (SSSR count). The first-order valence-electron chi connectivity index (χ1n) is 18.8. The normalized spacial score (nSPS) is 26.7. The fourth-order valence-corrected chi connectivity index (χ4v) is 9.89. The van der Waals surface area contributed by atoms with Gasteiger partial charge in [0.1, 0.15) is 41.2 Å². The molecule has 0 unspecified atom stereocenters. The average Bonchev–Trinajstić information content (AvgIpc) is 3.76. The molecule has 2 bridgehead atoms. The Labute approximate surface area is 306 Å². The van der Waals surface area contributed by atoms with Gasteiger partial charge in [-0.25, -0.2) is 22.9 Å². The van der Waals surface area contributed by atoms with Gasteiger partial charge in [0, 0.05) is 30.5 Å². The van der Waals surface area contributed by atoms with E-state index in [-0.39, 0.29) is 53.6 Å². The van der Waals surface area contributed by atoms with Gasteiger partial charge in [0.15, 0.2) is 5.82 Å². The highest BCUT2D eigenvalue weighted by molar-refractivity contribution is 6.02. The lowest BCUT2D eigenvalue weighted by Gasteiger charge is -2.48. The van der Waals surface area contributed by atoms with Crippen molar-refractivity contribution in [3.63, 3.8) is 0 Å². The summed E-state index contributed by atoms with van der Waals surface area (Å²) in [5.41, 5.74) is 0.0299. The summed E-state index contributed by atoms with van der Waals surface area (Å²) in [7, 11) is 0. The Morgan fingerprint density at radius 3 is 2.70 bits per heavy atom. The predicted molar refractivity (Wildman–Crippen MR) is 196 cm³/mol. The van der Waals surface area contributed by atoms with Crippen molar-refractivity contribution in [3.05, 3.63) is 53.2 Å². The van der Waals surface area contributed by atoms with Crippen molar-refractivity contribution in [3.8, 4) is 29.6 Å². The molecule has 0 N–H and O–H groups in total. The van der Waals surface area contributed by atoms with Crippen molar-refractivity contribution >= 4 is 33.6 Å². The molecule has 4 fully saturated rings. The van der Waals surface area contributed by atoms with Crippen LogP contribution in [0.4, 0.5) is 23.8 Å². The predicted octanol–water partition coefficient (Wildman–Crippen LogP) is 7.35. The summed E-state index contributed by atoms with van der Waals surface area (Å²) in [5.74, 6) is 1.73. The van der Waals surface area contributed by atoms with E-state index in [1.807, 2.05) is 31.7 Å². The molecule has 5 atom stereocenters. The Kier molecular flexibility index (Phi) is 8.04. The van der Waals surface area contributed by atoms with E-state index >= 15 is 8.78 Å². The summed E-state index contributed by atoms with van der Waals surface area (Å²) in [5, 5.41) is 1.57. The SMILES string of the molecule is C#Cc1c(F)ccc2cccc(-c3nc4c5c(nc(OC[C@@]67CCCN6C[C@H](F)C7)nc5c3F)N3C[C@H]5CC[C@@H]([C@H]3CCC4)N5C(=O)OC(C)(C)C)c12. The number of carbonyl (C=O) groups excluding carboxylic acids is 1. The summed E-state index contributed by atoms with van der Waals surface area (Å²) >= 11 is 0. The lowest BCUT2D eigenvalue weighted by molar-refractivity contribution is 0.00699. The van der Waals surface area contributed by atoms with Crippen molar-refractivity contribution < 1.29 is 27.4 Å². The Bertz CT molecular complexity index is 2200. The van der Waals surface area contributed by atoms with Gasteiger partial charge in [0.05, 0.1) is 40.3 Å². The number of amides is 1. The van der Waals surface area contributed by atoms with Gasteiger partial charge in [0.25, 0.3) is 0 Å². The van der Waals surface area contributed by atoms with Gasteiger partial charge in [-0.05, 0) is 83.7 Å². The zero-order chi connectivity index (χ0) is 36.8. The molecule has 0 radical (unpaired) electrons. The number of aromatic nitrogens is 3. The summed E-state index contributed by atoms with van der Waals surface area (Å²) in [6, 6.07) is 7.90. The van der Waals surface area contributed by atoms with Gasteiger partial charge >= 0.3 is 12.1 Å². The fraction of sp³-hybridized carbons (Fsp3) is 0.512. The van der Waals surface area contributed by atoms with Crippen molar-refractivity contribution in [1.29, 1.82) is 0 Å². The highest BCUT2D eigenvalue weighted by Gasteiger charge is 2.52. The number of fused-ring (bicyclic) bond motifs is 7. The summed E-state index contributed by atoms with van der Waals surface area (Å²) < 4.78 is 59.4. The van der Waals surface area contributed by atoms with Crippen molar-refractivity contribution in [2.24, 2.45) is 0 Å². The van der Waals surface area contributed by atoms with E-state index in [0.717, 1.165) is 45.1 Å². The minimum absolute atomic E-state index is 0.00699. The number of alkyl halides is 1. The topological polar surface area (TPSA) is 83.9 Å². The largest absolute Gasteiger partial charge is 0.461 e. The smallest absolute Gasteiger partial charge is 0.410 e. The molecule has 12 heteroatoms. The van der Waals surface area contributed by atoms with Crippen molar-refractivity contribution in [2.45, 2.75) is 108 Å². The van der Waals surface area contributed by atoms with E-state index in [9.17, 15) is 9.18 Å². The van der Waals surface area contributed by atoms with E-state index in [4.69, 9.17) is 30.8 Å². The first-order chi connectivity index (χ1) is 25.4. The number of aryl methyl sites for hydroxylation is 1. The van der Waals surface area contributed by atoms with Gasteiger partial charge in [-0.1, -0.05) is 30.2 Å². The van der Waals surface area contributed by atoms with Gasteiger partial charge < -0.3 is 14.4 Å². The number of carbonyl (C=O) groups is 1. The zero-order valence-electron chi connectivity index (χ0n) is 30.3. The Balaban J connectivity index is 1.20. The Hall–Kier alpha value is -4.63. The molecule has 2 aromatic carbocycles. The van der Waals surface area contributed by atoms with Crippen LogP contribution >= 0.6 is 0 Å². The summed E-state index contributed by atoms with van der Waals surface area (Å²) in [4.78, 5) is 34.6. The molecular formula is C41H43F3N6O3. The molecule has 9 nitrogen and oxygen atoms in total. The van der Waals surface area contributed by atoms with Crippen molar-refractivity contribution in [1.82, 2.24) is 24.8 Å². The van der Waals surface area contributed by atoms with E-state index in [1.165, 1.54) is 6.07 Å². The molecule has 1 amide bonds. The lowest BCUT2D eigenvalue weighted by atomic mass is 9.92. The lowest BCUT2D eigenvalue weighted by Crippen LogP contribution is -2.62. The van der Waals surface area contributed by atoms with E-state index in [1.54, 1.807) is 18.2 Å². The molecule has 5 aliphatic heterocycles. The monoisotopic (exact) mass is 724 g/mol. The number of rotatable bonds is 4. The van der Waals surface area contributed by atoms with Crippen LogP contribution in [0.1, 0.15) is 77.0 Å². The molecular weight excluding hydrogens is 681 g/mol. The molecule has 0 saturated carbocycles. The van der Waals surface area contributed by atoms with Gasteiger partial charge in [-0.15, -0.1) is 6.42 Å². The summed E-state index contributed by atoms with van der Waals surface area (Å²) in [6.07, 6.45) is 10.3. The molecule has 4 saturated heterocycles. The number of halogens is 3. The maximum atomic E-state index is 17.4. The second kappa shape index (κ2) is 12.5. The van der Waals surface area contributed by atoms with Crippen LogP contribution in [-0.4, -0.2) is 92.5 Å². The second-order valence-electron chi connectivity index (χ2n) is 16.4. The van der Waals surface area contributed by atoms with Crippen LogP contribution in [0, 0.1) is 24.0 Å². The molecule has 5 aliphatic rings. The van der Waals surface area contributed by atoms with E-state index in [2.05, 4.69) is 15.7 Å². The average molecular weight is 725 g/mol. The van der Waals surface area contributed by atoms with Crippen molar-refractivity contribution in [2.75, 3.05) is 31.1 Å². The van der Waals surface area contributed by atoms with Crippen LogP contribution in [0.3, 0.4) is 0 Å². The minimum atomic E-state index is -0.936. The number of hydrogen-bond donors (Lipinski definition) is 0. The molecule has 7 heterocycles. The number of ether oxygens (including phenoxy) is 2. The number of hydrogen-bond acceptors (Lipinski definition) is 8. The minimum Gasteiger partial charge on any atom is -0.461 e. The number of nitrogens with zero attached hydrogens (tertiary/aromatic N) is 6. The molecule has 53 heavy (non-hydrogen) atoms. The maximum Gasteiger partial charge on any atom is 0.410 e. The molecule has 4 aromatic rings. The molecule has 2 aromatic heterocycles. The van der Waals surface area contributed by atoms with E-state index in [0.29, 0.717) is 59.2 Å². The number of anilines is 1. The number of pyridine rings is 1. The standard InChI is InChI=1S/C41H43F3N6O3/c1-5-26-28(43)15-13-23-9-6-10-27(32(23)26)35-34(44)36-33-29(45-35)11-7-12-30-31-16-14-25(50(31)39(51)53-40(2,3)4)21-49(30)37(33)47-38(46-36)52-22-41-17-8-18-48(41)20-24(42)19-41/h1,6,9-10,13,15,24-25,30-31H,7-8,11-12,14,16-22H2,2-4H3/t24-,25-,30-,31+,41+/m1/s1. The number of terminal acetylenes is 1. The van der Waals surface area contributed by atoms with Crippen LogP contribution in [0.2, 0.25) is 0 Å². The quantitative estimate of drug-likeness (QED) is 0.202. The van der Waals surface area contributed by atoms with Gasteiger partial charge in [-0.2, -0.15) is 9.97 Å². The number of piperazine rings is 1. The Morgan fingerprint density at radius 1 is 1.04 bits per heavy atom. The first-order valence-corrected chi connectivity index (χ1v) is 18.8. The maximum absolute atomic E-state index is 17.4. The van der Waals surface area contributed by atoms with E-state index < -0.39 is 28.9 Å². The van der Waals surface area contributed by atoms with Crippen LogP contribution < -0.4 is 9.64 Å². The Morgan fingerprint density at radius 2 is 1.89 bits per heavy atom. The first kappa shape index (κ1) is 34.2. The summed E-state index contributed by atoms with van der Waals surface area (Å²) in [6.45, 7) is 7.45. The fourth-order valence-electron chi connectivity index (χ4n) is 9.89. The van der Waals surface area contributed by atoms with Crippen LogP contribution in [0.25, 0.3) is 32.9 Å². The highest BCUT2D eigenvalue weighted by atomic mass is 19.1. The molecule has 0 aliphatic carbocycles. The second-order valence-corrected chi connectivity index (χ2v) is 16.4. The molecule has 0 spiro atoms. The number of benzene rings is 2. The third-order valence-electron chi connectivity index (χ3n) is 12.0. The van der Waals surface area contributed by atoms with Crippen LogP contribution in [0.15, 0.2) is 30.3 Å². The molecule has 276 valence electrons. The highest BCUT2D eigenvalue weighted by Crippen LogP contribution is 2.46. The van der Waals surface area contributed by atoms with Crippen LogP contribution in [-0.2, 0) is 11.2 Å². The third-order valence-corrected chi connectivity index (χ3v) is 12.0. The third kappa shape index (κ3) is 5.56. The van der Waals surface area contributed by atoms with Gasteiger partial charge in [-0.3, -0.25) is 9.80 Å².